The third-order valence-electron chi connectivity index (χ3n) is 4.84. The van der Waals surface area contributed by atoms with E-state index >= 15 is 0 Å². The van der Waals surface area contributed by atoms with E-state index in [1.54, 1.807) is 6.92 Å². The van der Waals surface area contributed by atoms with Crippen molar-refractivity contribution in [2.75, 3.05) is 11.9 Å². The molecule has 122 valence electrons. The SMILES string of the molecule is CC(=O)NC1Cc2c[nH]c3ccc(N(C)c4ccccc4)c(c23)C1. The molecule has 0 radical (unpaired) electrons. The quantitative estimate of drug-likeness (QED) is 0.776. The van der Waals surface area contributed by atoms with Gasteiger partial charge in [0.25, 0.3) is 0 Å². The molecule has 1 atom stereocenters. The molecule has 1 unspecified atom stereocenters. The zero-order chi connectivity index (χ0) is 16.7. The highest BCUT2D eigenvalue weighted by atomic mass is 16.1. The standard InChI is InChI=1S/C20H21N3O/c1-13(24)22-15-10-14-12-21-18-8-9-19(17(11-15)20(14)18)23(2)16-6-4-3-5-7-16/h3-9,12,15,21H,10-11H2,1-2H3,(H,22,24). The van der Waals surface area contributed by atoms with Crippen LogP contribution < -0.4 is 10.2 Å². The summed E-state index contributed by atoms with van der Waals surface area (Å²) in [6.45, 7) is 1.59. The molecule has 2 N–H and O–H groups in total. The Kier molecular flexibility index (Phi) is 3.53. The van der Waals surface area contributed by atoms with Crippen molar-refractivity contribution in [3.8, 4) is 0 Å². The number of amides is 1. The minimum Gasteiger partial charge on any atom is -0.361 e. The summed E-state index contributed by atoms with van der Waals surface area (Å²) in [4.78, 5) is 17.1. The lowest BCUT2D eigenvalue weighted by molar-refractivity contribution is -0.119. The highest BCUT2D eigenvalue weighted by Crippen LogP contribution is 2.38. The highest BCUT2D eigenvalue weighted by molar-refractivity contribution is 5.93. The molecule has 1 aliphatic carbocycles. The number of aromatic nitrogens is 1. The van der Waals surface area contributed by atoms with E-state index in [2.05, 4.69) is 64.8 Å². The summed E-state index contributed by atoms with van der Waals surface area (Å²) in [7, 11) is 2.10. The summed E-state index contributed by atoms with van der Waals surface area (Å²) in [5.41, 5.74) is 6.12. The van der Waals surface area contributed by atoms with Crippen molar-refractivity contribution in [3.63, 3.8) is 0 Å². The molecule has 1 aliphatic rings. The van der Waals surface area contributed by atoms with E-state index in [1.807, 2.05) is 6.07 Å². The zero-order valence-corrected chi connectivity index (χ0v) is 14.0. The van der Waals surface area contributed by atoms with Gasteiger partial charge in [-0.1, -0.05) is 18.2 Å². The van der Waals surface area contributed by atoms with Crippen LogP contribution in [0, 0.1) is 0 Å². The molecule has 0 saturated carbocycles. The fourth-order valence-electron chi connectivity index (χ4n) is 3.81. The molecular formula is C20H21N3O. The third-order valence-corrected chi connectivity index (χ3v) is 4.84. The number of rotatable bonds is 3. The summed E-state index contributed by atoms with van der Waals surface area (Å²) >= 11 is 0. The van der Waals surface area contributed by atoms with Gasteiger partial charge in [-0.15, -0.1) is 0 Å². The number of anilines is 2. The summed E-state index contributed by atoms with van der Waals surface area (Å²) < 4.78 is 0. The maximum atomic E-state index is 11.5. The lowest BCUT2D eigenvalue weighted by Crippen LogP contribution is -2.38. The Hall–Kier alpha value is -2.75. The molecule has 4 heteroatoms. The van der Waals surface area contributed by atoms with Crippen molar-refractivity contribution in [2.45, 2.75) is 25.8 Å². The largest absolute Gasteiger partial charge is 0.361 e. The van der Waals surface area contributed by atoms with Gasteiger partial charge in [-0.05, 0) is 48.2 Å². The molecule has 4 rings (SSSR count). The van der Waals surface area contributed by atoms with E-state index in [0.717, 1.165) is 18.5 Å². The van der Waals surface area contributed by atoms with E-state index in [4.69, 9.17) is 0 Å². The van der Waals surface area contributed by atoms with Gasteiger partial charge in [-0.25, -0.2) is 0 Å². The number of para-hydroxylation sites is 1. The molecule has 0 aliphatic heterocycles. The van der Waals surface area contributed by atoms with Crippen molar-refractivity contribution >= 4 is 28.2 Å². The number of benzene rings is 2. The van der Waals surface area contributed by atoms with Crippen LogP contribution in [-0.4, -0.2) is 24.0 Å². The molecule has 0 saturated heterocycles. The third kappa shape index (κ3) is 2.44. The van der Waals surface area contributed by atoms with Crippen LogP contribution in [0.4, 0.5) is 11.4 Å². The van der Waals surface area contributed by atoms with Crippen LogP contribution >= 0.6 is 0 Å². The van der Waals surface area contributed by atoms with Gasteiger partial charge in [0.15, 0.2) is 0 Å². The number of nitrogens with zero attached hydrogens (tertiary/aromatic N) is 1. The van der Waals surface area contributed by atoms with Crippen LogP contribution in [-0.2, 0) is 17.6 Å². The van der Waals surface area contributed by atoms with E-state index in [9.17, 15) is 4.79 Å². The average molecular weight is 319 g/mol. The second-order valence-electron chi connectivity index (χ2n) is 6.50. The van der Waals surface area contributed by atoms with E-state index in [-0.39, 0.29) is 11.9 Å². The van der Waals surface area contributed by atoms with Crippen LogP contribution in [0.2, 0.25) is 0 Å². The molecule has 1 amide bonds. The molecule has 3 aromatic rings. The normalized spacial score (nSPS) is 16.2. The Balaban J connectivity index is 1.81. The van der Waals surface area contributed by atoms with Gasteiger partial charge in [0.2, 0.25) is 5.91 Å². The molecule has 4 nitrogen and oxygen atoms in total. The van der Waals surface area contributed by atoms with Gasteiger partial charge in [0.05, 0.1) is 0 Å². The van der Waals surface area contributed by atoms with Gasteiger partial charge in [-0.3, -0.25) is 4.79 Å². The second-order valence-corrected chi connectivity index (χ2v) is 6.50. The topological polar surface area (TPSA) is 48.1 Å². The summed E-state index contributed by atoms with van der Waals surface area (Å²) in [5, 5.41) is 4.41. The molecule has 0 spiro atoms. The molecule has 1 heterocycles. The highest BCUT2D eigenvalue weighted by Gasteiger charge is 2.25. The summed E-state index contributed by atoms with van der Waals surface area (Å²) in [6, 6.07) is 14.8. The first-order valence-corrected chi connectivity index (χ1v) is 8.31. The summed E-state index contributed by atoms with van der Waals surface area (Å²) in [6.07, 6.45) is 3.81. The van der Waals surface area contributed by atoms with Gasteiger partial charge < -0.3 is 15.2 Å². The maximum absolute atomic E-state index is 11.5. The lowest BCUT2D eigenvalue weighted by Gasteiger charge is -2.29. The number of carbonyl (C=O) groups excluding carboxylic acids is 1. The van der Waals surface area contributed by atoms with Crippen molar-refractivity contribution in [1.82, 2.24) is 10.3 Å². The number of aromatic amines is 1. The number of hydrogen-bond donors (Lipinski definition) is 2. The monoisotopic (exact) mass is 319 g/mol. The number of hydrogen-bond acceptors (Lipinski definition) is 2. The predicted octanol–water partition coefficient (Wildman–Crippen LogP) is 3.54. The first-order chi connectivity index (χ1) is 11.6. The van der Waals surface area contributed by atoms with Gasteiger partial charge in [-0.2, -0.15) is 0 Å². The van der Waals surface area contributed by atoms with Crippen LogP contribution in [0.15, 0.2) is 48.7 Å². The fourth-order valence-corrected chi connectivity index (χ4v) is 3.81. The predicted molar refractivity (Wildman–Crippen MR) is 97.8 cm³/mol. The van der Waals surface area contributed by atoms with Crippen molar-refractivity contribution in [3.05, 3.63) is 59.8 Å². The van der Waals surface area contributed by atoms with E-state index < -0.39 is 0 Å². The second kappa shape index (κ2) is 5.71. The molecular weight excluding hydrogens is 298 g/mol. The first kappa shape index (κ1) is 14.8. The molecule has 24 heavy (non-hydrogen) atoms. The zero-order valence-electron chi connectivity index (χ0n) is 14.0. The maximum Gasteiger partial charge on any atom is 0.217 e. The first-order valence-electron chi connectivity index (χ1n) is 8.31. The van der Waals surface area contributed by atoms with Gasteiger partial charge in [0, 0.05) is 48.5 Å². The van der Waals surface area contributed by atoms with Gasteiger partial charge in [0.1, 0.15) is 0 Å². The molecule has 1 aromatic heterocycles. The molecule has 0 fully saturated rings. The van der Waals surface area contributed by atoms with Crippen molar-refractivity contribution < 1.29 is 4.79 Å². The number of nitrogens with one attached hydrogen (secondary N) is 2. The molecule has 0 bridgehead atoms. The Morgan fingerprint density at radius 3 is 2.71 bits per heavy atom. The van der Waals surface area contributed by atoms with Crippen LogP contribution in [0.5, 0.6) is 0 Å². The Morgan fingerprint density at radius 2 is 1.96 bits per heavy atom. The summed E-state index contributed by atoms with van der Waals surface area (Å²) in [5.74, 6) is 0.0316. The smallest absolute Gasteiger partial charge is 0.217 e. The van der Waals surface area contributed by atoms with Crippen LogP contribution in [0.1, 0.15) is 18.1 Å². The van der Waals surface area contributed by atoms with E-state index in [1.165, 1.54) is 27.7 Å². The van der Waals surface area contributed by atoms with Gasteiger partial charge >= 0.3 is 0 Å². The number of carbonyl (C=O) groups is 1. The minimum absolute atomic E-state index is 0.0316. The Labute approximate surface area is 141 Å². The lowest BCUT2D eigenvalue weighted by atomic mass is 9.87. The van der Waals surface area contributed by atoms with Crippen LogP contribution in [0.3, 0.4) is 0 Å². The van der Waals surface area contributed by atoms with Crippen molar-refractivity contribution in [2.24, 2.45) is 0 Å². The average Bonchev–Trinajstić information content (AvgIpc) is 2.99. The van der Waals surface area contributed by atoms with E-state index in [0.29, 0.717) is 0 Å². The Bertz CT molecular complexity index is 898. The van der Waals surface area contributed by atoms with Crippen LogP contribution in [0.25, 0.3) is 10.9 Å². The minimum atomic E-state index is 0.0316. The Morgan fingerprint density at radius 1 is 1.17 bits per heavy atom. The molecule has 2 aromatic carbocycles. The van der Waals surface area contributed by atoms with Crippen molar-refractivity contribution in [1.29, 1.82) is 0 Å². The number of H-pyrrole nitrogens is 1. The fraction of sp³-hybridized carbons (Fsp3) is 0.250.